The molecular formula is C12H18N2O4S. The molecule has 1 aromatic rings. The topological polar surface area (TPSA) is 109 Å². The highest BCUT2D eigenvalue weighted by Gasteiger charge is 2.13. The van der Waals surface area contributed by atoms with Crippen molar-refractivity contribution in [2.24, 2.45) is 5.73 Å². The fraction of sp³-hybridized carbons (Fsp3) is 0.417. The SMILES string of the molecule is N[C@@H](Cc1ccccc1)C(=[18O])NCCCS(=O)(=O)O. The second kappa shape index (κ2) is 7.22. The molecule has 0 spiro atoms. The molecule has 0 aliphatic heterocycles. The Morgan fingerprint density at radius 3 is 2.58 bits per heavy atom. The van der Waals surface area contributed by atoms with Gasteiger partial charge in [-0.2, -0.15) is 8.42 Å². The summed E-state index contributed by atoms with van der Waals surface area (Å²) in [5.74, 6) is -0.708. The number of benzene rings is 1. The average molecular weight is 288 g/mol. The van der Waals surface area contributed by atoms with Crippen molar-refractivity contribution in [2.75, 3.05) is 12.3 Å². The Labute approximate surface area is 112 Å². The minimum absolute atomic E-state index is 0.155. The molecule has 1 rings (SSSR count). The maximum Gasteiger partial charge on any atom is 0.264 e. The van der Waals surface area contributed by atoms with Crippen molar-refractivity contribution in [3.05, 3.63) is 35.9 Å². The zero-order valence-electron chi connectivity index (χ0n) is 10.5. The van der Waals surface area contributed by atoms with E-state index < -0.39 is 16.2 Å². The van der Waals surface area contributed by atoms with Crippen LogP contribution in [-0.2, 0) is 21.3 Å². The van der Waals surface area contributed by atoms with Crippen molar-refractivity contribution in [1.82, 2.24) is 5.32 Å². The van der Waals surface area contributed by atoms with Gasteiger partial charge in [-0.05, 0) is 18.4 Å². The van der Waals surface area contributed by atoms with Crippen molar-refractivity contribution < 1.29 is 17.8 Å². The molecule has 0 fully saturated rings. The van der Waals surface area contributed by atoms with E-state index >= 15 is 0 Å². The molecule has 19 heavy (non-hydrogen) atoms. The number of nitrogens with two attached hydrogens (primary N) is 1. The molecule has 0 saturated heterocycles. The molecule has 1 amide bonds. The van der Waals surface area contributed by atoms with Crippen molar-refractivity contribution in [3.63, 3.8) is 0 Å². The normalized spacial score (nSPS) is 12.9. The summed E-state index contributed by atoms with van der Waals surface area (Å²) < 4.78 is 29.5. The van der Waals surface area contributed by atoms with Gasteiger partial charge in [0.25, 0.3) is 10.1 Å². The summed E-state index contributed by atoms with van der Waals surface area (Å²) >= 11 is 0. The number of hydrogen-bond acceptors (Lipinski definition) is 4. The smallest absolute Gasteiger partial charge is 0.264 e. The summed E-state index contributed by atoms with van der Waals surface area (Å²) in [5, 5.41) is 2.54. The molecular weight excluding hydrogens is 270 g/mol. The summed E-state index contributed by atoms with van der Waals surface area (Å²) in [6.45, 7) is 0.168. The van der Waals surface area contributed by atoms with E-state index in [-0.39, 0.29) is 24.6 Å². The summed E-state index contributed by atoms with van der Waals surface area (Å²) in [6.07, 6.45) is 0.577. The largest absolute Gasteiger partial charge is 0.355 e. The minimum Gasteiger partial charge on any atom is -0.355 e. The monoisotopic (exact) mass is 288 g/mol. The molecule has 1 atom stereocenters. The van der Waals surface area contributed by atoms with Crippen LogP contribution in [-0.4, -0.2) is 37.2 Å². The van der Waals surface area contributed by atoms with Crippen LogP contribution in [0, 0.1) is 0 Å². The molecule has 0 heterocycles. The van der Waals surface area contributed by atoms with Gasteiger partial charge in [0.15, 0.2) is 0 Å². The Morgan fingerprint density at radius 2 is 2.00 bits per heavy atom. The van der Waals surface area contributed by atoms with Gasteiger partial charge in [-0.3, -0.25) is 9.35 Å². The second-order valence-electron chi connectivity index (χ2n) is 4.23. The first-order valence-corrected chi connectivity index (χ1v) is 7.52. The maximum absolute atomic E-state index is 11.6. The number of nitrogens with one attached hydrogen (secondary N) is 1. The zero-order valence-corrected chi connectivity index (χ0v) is 11.3. The van der Waals surface area contributed by atoms with Crippen LogP contribution < -0.4 is 11.1 Å². The molecule has 0 radical (unpaired) electrons. The van der Waals surface area contributed by atoms with E-state index in [4.69, 9.17) is 10.3 Å². The zero-order chi connectivity index (χ0) is 14.3. The van der Waals surface area contributed by atoms with Gasteiger partial charge in [0.1, 0.15) is 0 Å². The van der Waals surface area contributed by atoms with Crippen LogP contribution in [0.1, 0.15) is 12.0 Å². The quantitative estimate of drug-likeness (QED) is 0.370. The Morgan fingerprint density at radius 1 is 1.37 bits per heavy atom. The van der Waals surface area contributed by atoms with Gasteiger partial charge in [-0.1, -0.05) is 30.3 Å². The third-order valence-electron chi connectivity index (χ3n) is 2.51. The number of hydrogen-bond donors (Lipinski definition) is 3. The van der Waals surface area contributed by atoms with Gasteiger partial charge < -0.3 is 11.1 Å². The lowest BCUT2D eigenvalue weighted by Crippen LogP contribution is -2.42. The summed E-state index contributed by atoms with van der Waals surface area (Å²) in [7, 11) is -3.97. The molecule has 7 heteroatoms. The Bertz CT molecular complexity index is 502. The number of carbonyl (C=O) groups is 1. The van der Waals surface area contributed by atoms with Gasteiger partial charge in [0.2, 0.25) is 5.91 Å². The van der Waals surface area contributed by atoms with E-state index in [0.29, 0.717) is 6.42 Å². The van der Waals surface area contributed by atoms with Gasteiger partial charge >= 0.3 is 0 Å². The number of carbonyl (C=O) groups excluding carboxylic acids is 1. The predicted octanol–water partition coefficient (Wildman–Crippen LogP) is -0.0495. The second-order valence-corrected chi connectivity index (χ2v) is 5.80. The molecule has 0 saturated carbocycles. The van der Waals surface area contributed by atoms with Gasteiger partial charge in [0, 0.05) is 6.54 Å². The Kier molecular flexibility index (Phi) is 5.94. The van der Waals surface area contributed by atoms with Crippen LogP contribution in [0.2, 0.25) is 0 Å². The highest BCUT2D eigenvalue weighted by atomic mass is 32.2. The van der Waals surface area contributed by atoms with E-state index in [1.807, 2.05) is 30.3 Å². The standard InChI is InChI=1S/C12H18N2O4S/c13-11(9-10-5-2-1-3-6-10)12(15)14-7-4-8-19(16,17)18/h1-3,5-6,11H,4,7-9,13H2,(H,14,15)(H,16,17,18)/t11-/m0/s1/i15+2. The lowest BCUT2D eigenvalue weighted by Gasteiger charge is -2.12. The van der Waals surface area contributed by atoms with E-state index in [0.717, 1.165) is 5.56 Å². The summed E-state index contributed by atoms with van der Waals surface area (Å²) in [4.78, 5) is 11.6. The highest BCUT2D eigenvalue weighted by molar-refractivity contribution is 7.85. The first-order valence-electron chi connectivity index (χ1n) is 5.91. The van der Waals surface area contributed by atoms with Crippen LogP contribution in [0.5, 0.6) is 0 Å². The molecule has 1 aromatic carbocycles. The van der Waals surface area contributed by atoms with Crippen LogP contribution in [0.25, 0.3) is 0 Å². The third kappa shape index (κ3) is 6.90. The Balaban J connectivity index is 2.29. The van der Waals surface area contributed by atoms with Crippen LogP contribution in [0.3, 0.4) is 0 Å². The molecule has 0 aromatic heterocycles. The van der Waals surface area contributed by atoms with Crippen molar-refractivity contribution in [3.8, 4) is 0 Å². The summed E-state index contributed by atoms with van der Waals surface area (Å²) in [6, 6.07) is 8.70. The Hall–Kier alpha value is -1.44. The minimum atomic E-state index is -3.97. The molecule has 0 bridgehead atoms. The van der Waals surface area contributed by atoms with Crippen molar-refractivity contribution in [1.29, 1.82) is 0 Å². The van der Waals surface area contributed by atoms with Gasteiger partial charge in [-0.25, -0.2) is 0 Å². The maximum atomic E-state index is 11.6. The van der Waals surface area contributed by atoms with E-state index in [1.165, 1.54) is 0 Å². The van der Waals surface area contributed by atoms with E-state index in [2.05, 4.69) is 5.32 Å². The fourth-order valence-corrected chi connectivity index (χ4v) is 2.07. The van der Waals surface area contributed by atoms with Crippen molar-refractivity contribution >= 4 is 16.0 Å². The predicted molar refractivity (Wildman–Crippen MR) is 72.2 cm³/mol. The first kappa shape index (κ1) is 15.6. The van der Waals surface area contributed by atoms with E-state index in [9.17, 15) is 13.2 Å². The molecule has 0 unspecified atom stereocenters. The summed E-state index contributed by atoms with van der Waals surface area (Å²) in [5.41, 5.74) is 6.70. The molecule has 0 aliphatic carbocycles. The fourth-order valence-electron chi connectivity index (χ4n) is 1.56. The molecule has 6 nitrogen and oxygen atoms in total. The molecule has 106 valence electrons. The van der Waals surface area contributed by atoms with E-state index in [1.54, 1.807) is 0 Å². The number of amides is 1. The van der Waals surface area contributed by atoms with Crippen LogP contribution in [0.4, 0.5) is 0 Å². The highest BCUT2D eigenvalue weighted by Crippen LogP contribution is 2.01. The average Bonchev–Trinajstić information content (AvgIpc) is 2.34. The number of rotatable bonds is 7. The third-order valence-corrected chi connectivity index (χ3v) is 3.32. The van der Waals surface area contributed by atoms with Gasteiger partial charge in [-0.15, -0.1) is 0 Å². The molecule has 0 aliphatic rings. The van der Waals surface area contributed by atoms with Crippen LogP contribution >= 0.6 is 0 Å². The molecule has 4 N–H and O–H groups in total. The first-order chi connectivity index (χ1) is 8.88. The van der Waals surface area contributed by atoms with Gasteiger partial charge in [0.05, 0.1) is 11.8 Å². The lowest BCUT2D eigenvalue weighted by atomic mass is 10.1. The van der Waals surface area contributed by atoms with Crippen molar-refractivity contribution in [2.45, 2.75) is 18.9 Å². The van der Waals surface area contributed by atoms with Crippen LogP contribution in [0.15, 0.2) is 30.3 Å². The lowest BCUT2D eigenvalue weighted by molar-refractivity contribution is -0.122.